The molecule has 56 valence electrons. The first-order chi connectivity index (χ1) is 4.49. The zero-order valence-corrected chi connectivity index (χ0v) is 7.75. The first-order valence-corrected chi connectivity index (χ1v) is 2.45. The van der Waals surface area contributed by atoms with Gasteiger partial charge < -0.3 is 33.8 Å². The van der Waals surface area contributed by atoms with Gasteiger partial charge in [-0.25, -0.2) is 0 Å². The van der Waals surface area contributed by atoms with Crippen molar-refractivity contribution in [3.63, 3.8) is 0 Å². The topological polar surface area (TPSA) is 109 Å². The summed E-state index contributed by atoms with van der Waals surface area (Å²) >= 11 is 0. The fourth-order valence-corrected chi connectivity index (χ4v) is 0.499. The molecule has 1 rings (SSSR count). The fourth-order valence-electron chi connectivity index (χ4n) is 0.499. The molecule has 0 spiro atoms. The monoisotopic (exact) mass is 172 g/mol. The van der Waals surface area contributed by atoms with Gasteiger partial charge in [0.25, 0.3) is 0 Å². The molecular formula is H4B3NaO7. The molecule has 0 atom stereocenters. The molecule has 0 saturated carbocycles. The summed E-state index contributed by atoms with van der Waals surface area (Å²) < 4.78 is 11.7. The predicted octanol–water partition coefficient (Wildman–Crippen LogP) is -6.57. The van der Waals surface area contributed by atoms with Gasteiger partial charge >= 0.3 is 51.2 Å². The molecule has 11 heteroatoms. The van der Waals surface area contributed by atoms with Crippen molar-refractivity contribution < 1.29 is 63.4 Å². The summed E-state index contributed by atoms with van der Waals surface area (Å²) in [6, 6.07) is 0. The van der Waals surface area contributed by atoms with E-state index in [-0.39, 0.29) is 29.6 Å². The molecule has 0 unspecified atom stereocenters. The van der Waals surface area contributed by atoms with Gasteiger partial charge in [0, 0.05) is 0 Å². The van der Waals surface area contributed by atoms with Gasteiger partial charge in [-0.2, -0.15) is 0 Å². The van der Waals surface area contributed by atoms with Crippen LogP contribution in [-0.4, -0.2) is 41.7 Å². The van der Waals surface area contributed by atoms with Crippen LogP contribution < -0.4 is 29.6 Å². The summed E-state index contributed by atoms with van der Waals surface area (Å²) in [5.41, 5.74) is 0. The normalized spacial score (nSPS) is 22.9. The average molecular weight is 171 g/mol. The Labute approximate surface area is 85.0 Å². The Kier molecular flexibility index (Phi) is 4.59. The van der Waals surface area contributed by atoms with Gasteiger partial charge in [0.1, 0.15) is 0 Å². The molecule has 0 radical (unpaired) electrons. The third-order valence-electron chi connectivity index (χ3n) is 0.820. The standard InChI is InChI=1S/B3H4O7.Na/c4-1-8-2(5)10-3(6,7)9-1;/h4-7H;/q-1;+1. The summed E-state index contributed by atoms with van der Waals surface area (Å²) in [7, 11) is -3.78. The third-order valence-corrected chi connectivity index (χ3v) is 0.820. The van der Waals surface area contributed by atoms with Crippen molar-refractivity contribution >= 4 is 21.6 Å². The molecule has 11 heavy (non-hydrogen) atoms. The van der Waals surface area contributed by atoms with Crippen LogP contribution in [0, 0.1) is 0 Å². The molecule has 1 aliphatic heterocycles. The van der Waals surface area contributed by atoms with Crippen molar-refractivity contribution in [1.82, 2.24) is 0 Å². The van der Waals surface area contributed by atoms with E-state index in [0.29, 0.717) is 0 Å². The van der Waals surface area contributed by atoms with Gasteiger partial charge in [-0.05, 0) is 0 Å². The minimum Gasteiger partial charge on any atom is -0.538 e. The number of hydrogen-bond acceptors (Lipinski definition) is 7. The van der Waals surface area contributed by atoms with Crippen molar-refractivity contribution in [2.75, 3.05) is 0 Å². The molecular weight excluding hydrogens is 167 g/mol. The van der Waals surface area contributed by atoms with E-state index < -0.39 is 21.6 Å². The Balaban J connectivity index is 0.000001000. The molecule has 1 saturated heterocycles. The Hall–Kier alpha value is 0.915. The van der Waals surface area contributed by atoms with Crippen LogP contribution >= 0.6 is 0 Å². The summed E-state index contributed by atoms with van der Waals surface area (Å²) in [6.07, 6.45) is 0. The smallest absolute Gasteiger partial charge is 0.538 e. The summed E-state index contributed by atoms with van der Waals surface area (Å²) in [4.78, 5) is 0. The van der Waals surface area contributed by atoms with Crippen LogP contribution in [0.1, 0.15) is 0 Å². The largest absolute Gasteiger partial charge is 1.00 e. The first kappa shape index (κ1) is 11.9. The Morgan fingerprint density at radius 1 is 1.00 bits per heavy atom. The third kappa shape index (κ3) is 3.90. The fraction of sp³-hybridized carbons (Fsp3) is 0. The average Bonchev–Trinajstić information content (AvgIpc) is 1.54. The van der Waals surface area contributed by atoms with Gasteiger partial charge in [-0.3, -0.25) is 0 Å². The van der Waals surface area contributed by atoms with E-state index in [0.717, 1.165) is 0 Å². The quantitative estimate of drug-likeness (QED) is 0.268. The van der Waals surface area contributed by atoms with Crippen LogP contribution in [0.2, 0.25) is 0 Å². The Morgan fingerprint density at radius 2 is 1.36 bits per heavy atom. The van der Waals surface area contributed by atoms with E-state index >= 15 is 0 Å². The SMILES string of the molecule is OB1OB(O)O[B-](O)(O)O1.[Na+]. The van der Waals surface area contributed by atoms with Gasteiger partial charge in [-0.15, -0.1) is 0 Å². The van der Waals surface area contributed by atoms with E-state index in [1.54, 1.807) is 0 Å². The van der Waals surface area contributed by atoms with Gasteiger partial charge in [0.15, 0.2) is 0 Å². The molecule has 0 amide bonds. The minimum absolute atomic E-state index is 0. The second-order valence-electron chi connectivity index (χ2n) is 1.66. The van der Waals surface area contributed by atoms with Crippen LogP contribution in [0.3, 0.4) is 0 Å². The molecule has 1 fully saturated rings. The molecule has 0 aliphatic carbocycles. The Bertz CT molecular complexity index is 115. The van der Waals surface area contributed by atoms with Gasteiger partial charge in [0.2, 0.25) is 0 Å². The summed E-state index contributed by atoms with van der Waals surface area (Å²) in [5, 5.41) is 33.8. The van der Waals surface area contributed by atoms with E-state index in [4.69, 9.17) is 20.1 Å². The van der Waals surface area contributed by atoms with Crippen molar-refractivity contribution in [3.8, 4) is 0 Å². The summed E-state index contributed by atoms with van der Waals surface area (Å²) in [6.45, 7) is -3.61. The van der Waals surface area contributed by atoms with E-state index in [9.17, 15) is 0 Å². The van der Waals surface area contributed by atoms with Crippen LogP contribution in [0.4, 0.5) is 0 Å². The molecule has 7 nitrogen and oxygen atoms in total. The van der Waals surface area contributed by atoms with Crippen molar-refractivity contribution in [3.05, 3.63) is 0 Å². The maximum Gasteiger partial charge on any atom is 1.00 e. The zero-order chi connectivity index (χ0) is 7.78. The molecule has 0 aromatic heterocycles. The Morgan fingerprint density at radius 3 is 1.64 bits per heavy atom. The first-order valence-electron chi connectivity index (χ1n) is 2.45. The molecule has 0 bridgehead atoms. The van der Waals surface area contributed by atoms with E-state index in [2.05, 4.69) is 13.7 Å². The molecule has 0 aromatic carbocycles. The number of hydrogen-bond donors (Lipinski definition) is 4. The molecule has 0 aromatic rings. The maximum atomic E-state index is 8.49. The van der Waals surface area contributed by atoms with Gasteiger partial charge in [0.05, 0.1) is 0 Å². The van der Waals surface area contributed by atoms with Gasteiger partial charge in [-0.1, -0.05) is 0 Å². The van der Waals surface area contributed by atoms with Crippen LogP contribution in [-0.2, 0) is 13.7 Å². The van der Waals surface area contributed by atoms with Crippen LogP contribution in [0.5, 0.6) is 0 Å². The second kappa shape index (κ2) is 4.24. The molecule has 1 heterocycles. The van der Waals surface area contributed by atoms with Crippen LogP contribution in [0.15, 0.2) is 0 Å². The van der Waals surface area contributed by atoms with Crippen molar-refractivity contribution in [2.24, 2.45) is 0 Å². The van der Waals surface area contributed by atoms with Crippen LogP contribution in [0.25, 0.3) is 0 Å². The molecule has 1 aliphatic rings. The molecule has 4 N–H and O–H groups in total. The van der Waals surface area contributed by atoms with Crippen molar-refractivity contribution in [2.45, 2.75) is 0 Å². The summed E-state index contributed by atoms with van der Waals surface area (Å²) in [5.74, 6) is 0. The van der Waals surface area contributed by atoms with E-state index in [1.807, 2.05) is 0 Å². The minimum atomic E-state index is -3.61. The second-order valence-corrected chi connectivity index (χ2v) is 1.66. The maximum absolute atomic E-state index is 8.49. The van der Waals surface area contributed by atoms with Crippen molar-refractivity contribution in [1.29, 1.82) is 0 Å². The number of rotatable bonds is 0. The predicted molar refractivity (Wildman–Crippen MR) is 29.4 cm³/mol. The van der Waals surface area contributed by atoms with E-state index in [1.165, 1.54) is 0 Å². The zero-order valence-electron chi connectivity index (χ0n) is 5.75.